The van der Waals surface area contributed by atoms with Gasteiger partial charge >= 0.3 is 0 Å². The van der Waals surface area contributed by atoms with Crippen molar-refractivity contribution >= 4 is 23.4 Å². The number of piperidine rings is 1. The summed E-state index contributed by atoms with van der Waals surface area (Å²) in [5.41, 5.74) is 6.89. The molecule has 2 aliphatic heterocycles. The van der Waals surface area contributed by atoms with Crippen LogP contribution in [0.25, 0.3) is 0 Å². The summed E-state index contributed by atoms with van der Waals surface area (Å²) in [4.78, 5) is 27.8. The molecule has 2 saturated heterocycles. The van der Waals surface area contributed by atoms with Crippen LogP contribution in [0.5, 0.6) is 0 Å². The van der Waals surface area contributed by atoms with Gasteiger partial charge in [0.1, 0.15) is 0 Å². The number of fused-ring (bicyclic) bond motifs is 2. The number of rotatable bonds is 3. The fourth-order valence-corrected chi connectivity index (χ4v) is 4.87. The molecule has 28 heavy (non-hydrogen) atoms. The summed E-state index contributed by atoms with van der Waals surface area (Å²) in [6.07, 6.45) is 3.03. The summed E-state index contributed by atoms with van der Waals surface area (Å²) in [6, 6.07) is 17.3. The van der Waals surface area contributed by atoms with E-state index in [1.807, 2.05) is 30.3 Å². The van der Waals surface area contributed by atoms with E-state index in [1.54, 1.807) is 24.3 Å². The van der Waals surface area contributed by atoms with Crippen molar-refractivity contribution < 1.29 is 9.59 Å². The van der Waals surface area contributed by atoms with Crippen molar-refractivity contribution in [3.63, 3.8) is 0 Å². The molecule has 0 spiro atoms. The van der Waals surface area contributed by atoms with E-state index < -0.39 is 0 Å². The van der Waals surface area contributed by atoms with Crippen LogP contribution in [0.2, 0.25) is 5.02 Å². The van der Waals surface area contributed by atoms with Crippen LogP contribution in [0.1, 0.15) is 41.1 Å². The molecule has 2 heterocycles. The van der Waals surface area contributed by atoms with Gasteiger partial charge in [-0.3, -0.25) is 25.3 Å². The van der Waals surface area contributed by atoms with Crippen molar-refractivity contribution in [1.82, 2.24) is 15.8 Å². The van der Waals surface area contributed by atoms with E-state index in [2.05, 4.69) is 22.8 Å². The molecule has 2 bridgehead atoms. The van der Waals surface area contributed by atoms with E-state index in [0.29, 0.717) is 16.6 Å². The lowest BCUT2D eigenvalue weighted by Gasteiger charge is -2.42. The number of carbonyl (C=O) groups excluding carboxylic acids is 2. The van der Waals surface area contributed by atoms with Crippen molar-refractivity contribution in [2.75, 3.05) is 7.05 Å². The number of carbonyl (C=O) groups is 2. The minimum absolute atomic E-state index is 0.111. The summed E-state index contributed by atoms with van der Waals surface area (Å²) in [6.45, 7) is 0. The molecule has 6 heteroatoms. The van der Waals surface area contributed by atoms with E-state index in [0.717, 1.165) is 24.8 Å². The largest absolute Gasteiger partial charge is 0.300 e. The van der Waals surface area contributed by atoms with Gasteiger partial charge in [0, 0.05) is 22.7 Å². The van der Waals surface area contributed by atoms with Crippen molar-refractivity contribution in [3.8, 4) is 0 Å². The van der Waals surface area contributed by atoms with Gasteiger partial charge in [-0.2, -0.15) is 0 Å². The normalized spacial score (nSPS) is 26.6. The Hall–Kier alpha value is -2.37. The van der Waals surface area contributed by atoms with Crippen LogP contribution in [0, 0.1) is 5.92 Å². The fourth-order valence-electron chi connectivity index (χ4n) is 4.74. The highest BCUT2D eigenvalue weighted by Crippen LogP contribution is 2.46. The van der Waals surface area contributed by atoms with Gasteiger partial charge in [-0.05, 0) is 62.1 Å². The Labute approximate surface area is 170 Å². The smallest absolute Gasteiger partial charge is 0.269 e. The Morgan fingerprint density at radius 1 is 1.00 bits per heavy atom. The molecular weight excluding hydrogens is 374 g/mol. The molecule has 146 valence electrons. The van der Waals surface area contributed by atoms with Crippen LogP contribution in [0.4, 0.5) is 0 Å². The van der Waals surface area contributed by atoms with Gasteiger partial charge in [-0.15, -0.1) is 0 Å². The quantitative estimate of drug-likeness (QED) is 0.780. The van der Waals surface area contributed by atoms with Gasteiger partial charge in [0.15, 0.2) is 0 Å². The number of hydrazine groups is 1. The lowest BCUT2D eigenvalue weighted by atomic mass is 9.76. The number of halogens is 1. The molecule has 4 rings (SSSR count). The third-order valence-electron chi connectivity index (χ3n) is 6.20. The minimum Gasteiger partial charge on any atom is -0.300 e. The Morgan fingerprint density at radius 2 is 1.71 bits per heavy atom. The molecule has 2 aromatic carbocycles. The van der Waals surface area contributed by atoms with Crippen molar-refractivity contribution in [2.45, 2.75) is 37.3 Å². The summed E-state index contributed by atoms with van der Waals surface area (Å²) in [5, 5.41) is 0.691. The predicted molar refractivity (Wildman–Crippen MR) is 109 cm³/mol. The summed E-state index contributed by atoms with van der Waals surface area (Å²) in [5.74, 6) is -0.563. The van der Waals surface area contributed by atoms with Crippen LogP contribution in [-0.4, -0.2) is 35.8 Å². The van der Waals surface area contributed by atoms with Crippen molar-refractivity contribution in [2.24, 2.45) is 5.92 Å². The highest BCUT2D eigenvalue weighted by Gasteiger charge is 2.49. The number of hydrogen-bond donors (Lipinski definition) is 2. The maximum atomic E-state index is 13.1. The van der Waals surface area contributed by atoms with Gasteiger partial charge in [0.2, 0.25) is 5.91 Å². The lowest BCUT2D eigenvalue weighted by molar-refractivity contribution is -0.130. The lowest BCUT2D eigenvalue weighted by Crippen LogP contribution is -2.54. The van der Waals surface area contributed by atoms with E-state index in [1.165, 1.54) is 0 Å². The topological polar surface area (TPSA) is 61.4 Å². The molecule has 5 nitrogen and oxygen atoms in total. The third kappa shape index (κ3) is 3.64. The molecule has 2 fully saturated rings. The monoisotopic (exact) mass is 397 g/mol. The second-order valence-electron chi connectivity index (χ2n) is 7.69. The average molecular weight is 398 g/mol. The number of nitrogens with one attached hydrogen (secondary N) is 2. The third-order valence-corrected chi connectivity index (χ3v) is 6.46. The van der Waals surface area contributed by atoms with Crippen molar-refractivity contribution in [1.29, 1.82) is 0 Å². The zero-order valence-electron chi connectivity index (χ0n) is 15.8. The first-order valence-electron chi connectivity index (χ1n) is 9.67. The number of nitrogens with zero attached hydrogens (tertiary/aromatic N) is 1. The van der Waals surface area contributed by atoms with E-state index in [-0.39, 0.29) is 29.7 Å². The molecule has 0 saturated carbocycles. The fraction of sp³-hybridized carbons (Fsp3) is 0.364. The minimum atomic E-state index is -0.314. The first-order valence-corrected chi connectivity index (χ1v) is 10.0. The van der Waals surface area contributed by atoms with E-state index in [9.17, 15) is 9.59 Å². The number of benzene rings is 2. The summed E-state index contributed by atoms with van der Waals surface area (Å²) in [7, 11) is 2.10. The molecular formula is C22H24ClN3O2. The van der Waals surface area contributed by atoms with Gasteiger partial charge in [-0.25, -0.2) is 0 Å². The summed E-state index contributed by atoms with van der Waals surface area (Å²) < 4.78 is 0. The van der Waals surface area contributed by atoms with Crippen molar-refractivity contribution in [3.05, 3.63) is 70.7 Å². The molecule has 4 atom stereocenters. The molecule has 2 aromatic rings. The zero-order valence-corrected chi connectivity index (χ0v) is 16.5. The highest BCUT2D eigenvalue weighted by molar-refractivity contribution is 6.30. The Morgan fingerprint density at radius 3 is 2.43 bits per heavy atom. The van der Waals surface area contributed by atoms with Gasteiger partial charge in [0.05, 0.1) is 5.92 Å². The molecule has 0 radical (unpaired) electrons. The van der Waals surface area contributed by atoms with Crippen LogP contribution in [0.3, 0.4) is 0 Å². The molecule has 0 aromatic heterocycles. The van der Waals surface area contributed by atoms with Crippen LogP contribution < -0.4 is 10.9 Å². The number of amides is 2. The van der Waals surface area contributed by atoms with Gasteiger partial charge in [-0.1, -0.05) is 41.9 Å². The Kier molecular flexibility index (Phi) is 5.38. The van der Waals surface area contributed by atoms with E-state index >= 15 is 0 Å². The van der Waals surface area contributed by atoms with Gasteiger partial charge < -0.3 is 0 Å². The molecule has 2 unspecified atom stereocenters. The Bertz CT molecular complexity index is 856. The first-order chi connectivity index (χ1) is 13.5. The first kappa shape index (κ1) is 19.0. The maximum Gasteiger partial charge on any atom is 0.269 e. The zero-order chi connectivity index (χ0) is 19.7. The van der Waals surface area contributed by atoms with Crippen LogP contribution in [-0.2, 0) is 4.79 Å². The maximum absolute atomic E-state index is 13.1. The van der Waals surface area contributed by atoms with Gasteiger partial charge in [0.25, 0.3) is 5.91 Å². The molecule has 2 amide bonds. The highest BCUT2D eigenvalue weighted by atomic mass is 35.5. The predicted octanol–water partition coefficient (Wildman–Crippen LogP) is 3.37. The standard InChI is InChI=1S/C22H24ClN3O2/c1-26-17-11-12-19(26)20(18(13-17)14-7-9-16(23)10-8-14)22(28)25-24-21(27)15-5-3-2-4-6-15/h2-10,17-20H,11-13H2,1H3,(H,24,27)(H,25,28)/t17-,18-,19?,20?/m1/s1. The Balaban J connectivity index is 1.52. The molecule has 0 aliphatic carbocycles. The van der Waals surface area contributed by atoms with E-state index in [4.69, 9.17) is 11.6 Å². The average Bonchev–Trinajstić information content (AvgIpc) is 2.95. The molecule has 2 aliphatic rings. The SMILES string of the molecule is CN1C2CC[C@@H]1C[C@H](c1ccc(Cl)cc1)C2C(=O)NNC(=O)c1ccccc1. The number of hydrogen-bond acceptors (Lipinski definition) is 3. The summed E-state index contributed by atoms with van der Waals surface area (Å²) >= 11 is 6.05. The second kappa shape index (κ2) is 7.94. The van der Waals surface area contributed by atoms with Crippen LogP contribution in [0.15, 0.2) is 54.6 Å². The second-order valence-corrected chi connectivity index (χ2v) is 8.13. The molecule has 2 N–H and O–H groups in total. The van der Waals surface area contributed by atoms with Crippen LogP contribution >= 0.6 is 11.6 Å².